The van der Waals surface area contributed by atoms with Gasteiger partial charge in [-0.2, -0.15) is 0 Å². The van der Waals surface area contributed by atoms with Crippen LogP contribution in [0.5, 0.6) is 0 Å². The minimum atomic E-state index is -0.623. The van der Waals surface area contributed by atoms with E-state index in [4.69, 9.17) is 9.47 Å². The molecule has 7 nitrogen and oxygen atoms in total. The van der Waals surface area contributed by atoms with Crippen molar-refractivity contribution in [3.05, 3.63) is 60.3 Å². The second-order valence-corrected chi connectivity index (χ2v) is 6.28. The van der Waals surface area contributed by atoms with Gasteiger partial charge >= 0.3 is 0 Å². The molecule has 2 aromatic heterocycles. The van der Waals surface area contributed by atoms with Gasteiger partial charge in [0.1, 0.15) is 11.6 Å². The summed E-state index contributed by atoms with van der Waals surface area (Å²) in [6.45, 7) is 1.30. The van der Waals surface area contributed by atoms with Gasteiger partial charge in [-0.25, -0.2) is 9.37 Å². The normalized spacial score (nSPS) is 16.7. The van der Waals surface area contributed by atoms with Gasteiger partial charge in [0.25, 0.3) is 5.91 Å². The van der Waals surface area contributed by atoms with Crippen molar-refractivity contribution in [2.75, 3.05) is 19.8 Å². The third kappa shape index (κ3) is 4.08. The Morgan fingerprint density at radius 1 is 1.25 bits per heavy atom. The maximum absolute atomic E-state index is 13.7. The number of carbonyl (C=O) groups excluding carboxylic acids is 1. The van der Waals surface area contributed by atoms with E-state index in [2.05, 4.69) is 20.3 Å². The van der Waals surface area contributed by atoms with Crippen LogP contribution in [0.2, 0.25) is 0 Å². The number of imidazole rings is 1. The summed E-state index contributed by atoms with van der Waals surface area (Å²) < 4.78 is 24.4. The minimum Gasteiger partial charge on any atom is -0.376 e. The number of pyridine rings is 1. The van der Waals surface area contributed by atoms with Crippen molar-refractivity contribution in [1.82, 2.24) is 20.3 Å². The van der Waals surface area contributed by atoms with Gasteiger partial charge in [-0.1, -0.05) is 18.2 Å². The Morgan fingerprint density at radius 2 is 2.18 bits per heavy atom. The molecule has 3 aromatic rings. The Labute approximate surface area is 160 Å². The topological polar surface area (TPSA) is 89.1 Å². The number of amides is 1. The molecule has 0 aliphatic carbocycles. The fourth-order valence-corrected chi connectivity index (χ4v) is 2.97. The summed E-state index contributed by atoms with van der Waals surface area (Å²) in [5, 5.41) is 2.79. The Bertz CT molecular complexity index is 955. The largest absolute Gasteiger partial charge is 0.376 e. The minimum absolute atomic E-state index is 0.174. The third-order valence-electron chi connectivity index (χ3n) is 4.31. The van der Waals surface area contributed by atoms with E-state index < -0.39 is 6.10 Å². The van der Waals surface area contributed by atoms with Crippen LogP contribution in [0.25, 0.3) is 22.6 Å². The highest BCUT2D eigenvalue weighted by Gasteiger charge is 2.23. The first-order valence-electron chi connectivity index (χ1n) is 8.94. The van der Waals surface area contributed by atoms with Crippen LogP contribution in [0.15, 0.2) is 48.7 Å². The number of halogens is 1. The molecule has 0 radical (unpaired) electrons. The predicted octanol–water partition coefficient (Wildman–Crippen LogP) is 2.31. The van der Waals surface area contributed by atoms with Crippen molar-refractivity contribution in [2.24, 2.45) is 0 Å². The standard InChI is InChI=1S/C20H19FN4O3/c21-14-5-3-4-13(10-14)18-19(15-6-1-2-7-22-15)25-17(24-18)11-23-20(26)16-12-27-8-9-28-16/h1-7,10,16H,8-9,11-12H2,(H,23,26)(H,24,25)/t16-/m1/s1. The molecule has 1 aliphatic rings. The number of ether oxygens (including phenoxy) is 2. The Morgan fingerprint density at radius 3 is 2.93 bits per heavy atom. The van der Waals surface area contributed by atoms with Crippen LogP contribution in [0.4, 0.5) is 4.39 Å². The molecule has 144 valence electrons. The van der Waals surface area contributed by atoms with Crippen molar-refractivity contribution >= 4 is 5.91 Å². The fourth-order valence-electron chi connectivity index (χ4n) is 2.97. The molecule has 0 bridgehead atoms. The molecule has 1 aliphatic heterocycles. The van der Waals surface area contributed by atoms with Crippen LogP contribution in [-0.4, -0.2) is 46.8 Å². The highest BCUT2D eigenvalue weighted by atomic mass is 19.1. The summed E-state index contributed by atoms with van der Waals surface area (Å²) in [6, 6.07) is 11.7. The first-order valence-corrected chi connectivity index (χ1v) is 8.94. The summed E-state index contributed by atoms with van der Waals surface area (Å²) in [5.74, 6) is -0.0791. The first-order chi connectivity index (χ1) is 13.7. The molecular formula is C20H19FN4O3. The summed E-state index contributed by atoms with van der Waals surface area (Å²) in [5.41, 5.74) is 2.53. The molecule has 4 rings (SSSR count). The van der Waals surface area contributed by atoms with Crippen molar-refractivity contribution in [3.63, 3.8) is 0 Å². The number of aromatic nitrogens is 3. The number of carbonyl (C=O) groups is 1. The molecule has 28 heavy (non-hydrogen) atoms. The summed E-state index contributed by atoms with van der Waals surface area (Å²) in [7, 11) is 0. The van der Waals surface area contributed by atoms with Crippen molar-refractivity contribution in [2.45, 2.75) is 12.6 Å². The number of nitrogens with zero attached hydrogens (tertiary/aromatic N) is 2. The van der Waals surface area contributed by atoms with Gasteiger partial charge in [0.2, 0.25) is 0 Å². The Kier molecular flexibility index (Phi) is 5.41. The van der Waals surface area contributed by atoms with Crippen LogP contribution in [-0.2, 0) is 20.8 Å². The third-order valence-corrected chi connectivity index (χ3v) is 4.31. The first kappa shape index (κ1) is 18.3. The molecule has 1 amide bonds. The molecule has 0 unspecified atom stereocenters. The van der Waals surface area contributed by atoms with Gasteiger partial charge in [-0.15, -0.1) is 0 Å². The summed E-state index contributed by atoms with van der Waals surface area (Å²) in [4.78, 5) is 24.3. The van der Waals surface area contributed by atoms with Crippen molar-refractivity contribution in [1.29, 1.82) is 0 Å². The van der Waals surface area contributed by atoms with E-state index in [0.717, 1.165) is 0 Å². The fraction of sp³-hybridized carbons (Fsp3) is 0.250. The molecule has 1 aromatic carbocycles. The van der Waals surface area contributed by atoms with Crippen molar-refractivity contribution < 1.29 is 18.7 Å². The number of rotatable bonds is 5. The zero-order valence-electron chi connectivity index (χ0n) is 15.0. The monoisotopic (exact) mass is 382 g/mol. The lowest BCUT2D eigenvalue weighted by Crippen LogP contribution is -2.42. The van der Waals surface area contributed by atoms with Gasteiger partial charge in [-0.05, 0) is 24.3 Å². The SMILES string of the molecule is O=C(NCc1nc(-c2cccc(F)c2)c(-c2ccccn2)[nH]1)[C@H]1COCCO1. The number of aromatic amines is 1. The molecule has 2 N–H and O–H groups in total. The molecular weight excluding hydrogens is 363 g/mol. The lowest BCUT2D eigenvalue weighted by atomic mass is 10.1. The zero-order valence-corrected chi connectivity index (χ0v) is 15.0. The van der Waals surface area contributed by atoms with Gasteiger partial charge in [0.05, 0.1) is 43.4 Å². The Balaban J connectivity index is 1.59. The number of hydrogen-bond donors (Lipinski definition) is 2. The number of hydrogen-bond acceptors (Lipinski definition) is 5. The van der Waals surface area contributed by atoms with Crippen molar-refractivity contribution in [3.8, 4) is 22.6 Å². The molecule has 1 atom stereocenters. The molecule has 1 fully saturated rings. The Hall–Kier alpha value is -3.10. The average molecular weight is 382 g/mol. The number of H-pyrrole nitrogens is 1. The lowest BCUT2D eigenvalue weighted by Gasteiger charge is -2.21. The van der Waals surface area contributed by atoms with E-state index in [-0.39, 0.29) is 24.9 Å². The quantitative estimate of drug-likeness (QED) is 0.707. The van der Waals surface area contributed by atoms with E-state index in [0.29, 0.717) is 41.7 Å². The maximum atomic E-state index is 13.7. The van der Waals surface area contributed by atoms with Gasteiger partial charge < -0.3 is 19.8 Å². The smallest absolute Gasteiger partial charge is 0.251 e. The van der Waals surface area contributed by atoms with E-state index >= 15 is 0 Å². The highest BCUT2D eigenvalue weighted by Crippen LogP contribution is 2.29. The van der Waals surface area contributed by atoms with E-state index in [1.54, 1.807) is 18.3 Å². The average Bonchev–Trinajstić information content (AvgIpc) is 3.18. The van der Waals surface area contributed by atoms with Gasteiger partial charge in [0, 0.05) is 11.8 Å². The second-order valence-electron chi connectivity index (χ2n) is 6.28. The molecule has 0 spiro atoms. The second kappa shape index (κ2) is 8.28. The number of nitrogens with one attached hydrogen (secondary N) is 2. The van der Waals surface area contributed by atoms with Crippen LogP contribution in [0.1, 0.15) is 5.82 Å². The van der Waals surface area contributed by atoms with Crippen LogP contribution in [0.3, 0.4) is 0 Å². The van der Waals surface area contributed by atoms with E-state index in [9.17, 15) is 9.18 Å². The zero-order chi connectivity index (χ0) is 19.3. The molecule has 1 saturated heterocycles. The summed E-state index contributed by atoms with van der Waals surface area (Å²) in [6.07, 6.45) is 1.05. The van der Waals surface area contributed by atoms with Gasteiger partial charge in [-0.3, -0.25) is 9.78 Å². The molecule has 3 heterocycles. The summed E-state index contributed by atoms with van der Waals surface area (Å²) >= 11 is 0. The van der Waals surface area contributed by atoms with Crippen LogP contribution in [0, 0.1) is 5.82 Å². The van der Waals surface area contributed by atoms with E-state index in [1.165, 1.54) is 12.1 Å². The molecule has 8 heteroatoms. The van der Waals surface area contributed by atoms with E-state index in [1.807, 2.05) is 18.2 Å². The lowest BCUT2D eigenvalue weighted by molar-refractivity contribution is -0.147. The number of benzene rings is 1. The van der Waals surface area contributed by atoms with Crippen LogP contribution < -0.4 is 5.32 Å². The van der Waals surface area contributed by atoms with Gasteiger partial charge in [0.15, 0.2) is 6.10 Å². The molecule has 0 saturated carbocycles. The highest BCUT2D eigenvalue weighted by molar-refractivity contribution is 5.81. The predicted molar refractivity (Wildman–Crippen MR) is 99.6 cm³/mol. The van der Waals surface area contributed by atoms with Crippen LogP contribution >= 0.6 is 0 Å². The maximum Gasteiger partial charge on any atom is 0.251 e.